The summed E-state index contributed by atoms with van der Waals surface area (Å²) in [7, 11) is 0. The van der Waals surface area contributed by atoms with Crippen molar-refractivity contribution in [2.45, 2.75) is 6.42 Å². The van der Waals surface area contributed by atoms with Gasteiger partial charge in [-0.25, -0.2) is 4.79 Å². The normalized spacial score (nSPS) is 9.91. The van der Waals surface area contributed by atoms with Crippen molar-refractivity contribution in [3.05, 3.63) is 48.4 Å². The predicted molar refractivity (Wildman–Crippen MR) is 83.9 cm³/mol. The average Bonchev–Trinajstić information content (AvgIpc) is 3.01. The van der Waals surface area contributed by atoms with Crippen LogP contribution in [0.5, 0.6) is 0 Å². The molecule has 0 atom stereocenters. The van der Waals surface area contributed by atoms with Crippen LogP contribution < -0.4 is 21.7 Å². The Kier molecular flexibility index (Phi) is 5.35. The number of amides is 4. The Morgan fingerprint density at radius 3 is 2.43 bits per heavy atom. The lowest BCUT2D eigenvalue weighted by Crippen LogP contribution is -2.27. The van der Waals surface area contributed by atoms with Crippen molar-refractivity contribution in [3.63, 3.8) is 0 Å². The van der Waals surface area contributed by atoms with E-state index in [9.17, 15) is 14.4 Å². The molecule has 8 nitrogen and oxygen atoms in total. The molecule has 0 aliphatic rings. The van der Waals surface area contributed by atoms with E-state index in [1.165, 1.54) is 12.3 Å². The highest BCUT2D eigenvalue weighted by atomic mass is 16.3. The van der Waals surface area contributed by atoms with Gasteiger partial charge in [0.25, 0.3) is 5.91 Å². The lowest BCUT2D eigenvalue weighted by atomic mass is 10.2. The number of urea groups is 1. The summed E-state index contributed by atoms with van der Waals surface area (Å²) in [5.41, 5.74) is 6.01. The summed E-state index contributed by atoms with van der Waals surface area (Å²) in [6, 6.07) is 9.01. The van der Waals surface area contributed by atoms with Crippen LogP contribution in [-0.2, 0) is 4.79 Å². The van der Waals surface area contributed by atoms with Crippen LogP contribution in [-0.4, -0.2) is 24.4 Å². The number of nitrogens with one attached hydrogen (secondary N) is 3. The second kappa shape index (κ2) is 7.64. The molecule has 1 aromatic heterocycles. The number of hydrogen-bond donors (Lipinski definition) is 4. The van der Waals surface area contributed by atoms with Crippen molar-refractivity contribution in [3.8, 4) is 0 Å². The number of rotatable bonds is 6. The third-order valence-corrected chi connectivity index (χ3v) is 2.80. The Bertz CT molecular complexity index is 697. The molecule has 0 spiro atoms. The number of furan rings is 1. The molecule has 0 saturated carbocycles. The molecule has 8 heteroatoms. The summed E-state index contributed by atoms with van der Waals surface area (Å²) >= 11 is 0. The third kappa shape index (κ3) is 5.20. The van der Waals surface area contributed by atoms with Gasteiger partial charge in [-0.1, -0.05) is 6.07 Å². The number of benzene rings is 1. The SMILES string of the molecule is NC(=O)Nc1cccc(NC(=O)CCNC(=O)c2ccco2)c1. The van der Waals surface area contributed by atoms with Gasteiger partial charge in [0.15, 0.2) is 5.76 Å². The Morgan fingerprint density at radius 2 is 1.78 bits per heavy atom. The quantitative estimate of drug-likeness (QED) is 0.644. The highest BCUT2D eigenvalue weighted by molar-refractivity contribution is 5.94. The number of anilines is 2. The first-order valence-corrected chi connectivity index (χ1v) is 6.82. The van der Waals surface area contributed by atoms with Gasteiger partial charge in [-0.3, -0.25) is 9.59 Å². The minimum Gasteiger partial charge on any atom is -0.459 e. The Morgan fingerprint density at radius 1 is 1.04 bits per heavy atom. The van der Waals surface area contributed by atoms with Gasteiger partial charge in [0.2, 0.25) is 5.91 Å². The molecule has 0 saturated heterocycles. The summed E-state index contributed by atoms with van der Waals surface area (Å²) in [5, 5.41) is 7.64. The number of carbonyl (C=O) groups excluding carboxylic acids is 3. The number of primary amides is 1. The Balaban J connectivity index is 1.78. The van der Waals surface area contributed by atoms with E-state index < -0.39 is 6.03 Å². The van der Waals surface area contributed by atoms with Gasteiger partial charge in [-0.05, 0) is 30.3 Å². The Labute approximate surface area is 132 Å². The zero-order valence-electron chi connectivity index (χ0n) is 12.2. The van der Waals surface area contributed by atoms with E-state index in [1.54, 1.807) is 30.3 Å². The van der Waals surface area contributed by atoms with Crippen molar-refractivity contribution >= 4 is 29.2 Å². The van der Waals surface area contributed by atoms with E-state index in [1.807, 2.05) is 0 Å². The molecular weight excluding hydrogens is 300 g/mol. The maximum Gasteiger partial charge on any atom is 0.316 e. The van der Waals surface area contributed by atoms with E-state index in [-0.39, 0.29) is 30.5 Å². The second-order valence-electron chi connectivity index (χ2n) is 4.60. The van der Waals surface area contributed by atoms with E-state index in [0.717, 1.165) is 0 Å². The van der Waals surface area contributed by atoms with Crippen molar-refractivity contribution < 1.29 is 18.8 Å². The van der Waals surface area contributed by atoms with Crippen LogP contribution >= 0.6 is 0 Å². The van der Waals surface area contributed by atoms with Crippen molar-refractivity contribution in [1.29, 1.82) is 0 Å². The van der Waals surface area contributed by atoms with Gasteiger partial charge >= 0.3 is 6.03 Å². The van der Waals surface area contributed by atoms with E-state index >= 15 is 0 Å². The zero-order valence-corrected chi connectivity index (χ0v) is 12.2. The molecule has 2 aromatic rings. The molecular formula is C15H16N4O4. The van der Waals surface area contributed by atoms with Crippen LogP contribution in [0.4, 0.5) is 16.2 Å². The van der Waals surface area contributed by atoms with Gasteiger partial charge in [0.1, 0.15) is 0 Å². The average molecular weight is 316 g/mol. The van der Waals surface area contributed by atoms with Gasteiger partial charge in [-0.2, -0.15) is 0 Å². The van der Waals surface area contributed by atoms with E-state index in [0.29, 0.717) is 11.4 Å². The molecule has 0 aliphatic heterocycles. The molecule has 1 aromatic carbocycles. The van der Waals surface area contributed by atoms with Crippen LogP contribution in [0.15, 0.2) is 47.1 Å². The molecule has 2 rings (SSSR count). The summed E-state index contributed by atoms with van der Waals surface area (Å²) in [4.78, 5) is 34.2. The minimum absolute atomic E-state index is 0.0971. The third-order valence-electron chi connectivity index (χ3n) is 2.80. The number of nitrogens with two attached hydrogens (primary N) is 1. The summed E-state index contributed by atoms with van der Waals surface area (Å²) in [5.74, 6) is -0.466. The molecule has 5 N–H and O–H groups in total. The smallest absolute Gasteiger partial charge is 0.316 e. The van der Waals surface area contributed by atoms with Crippen LogP contribution in [0, 0.1) is 0 Å². The van der Waals surface area contributed by atoms with E-state index in [2.05, 4.69) is 16.0 Å². The summed E-state index contributed by atoms with van der Waals surface area (Å²) < 4.78 is 4.94. The molecule has 0 fully saturated rings. The standard InChI is InChI=1S/C15H16N4O4/c16-15(22)19-11-4-1-3-10(9-11)18-13(20)6-7-17-14(21)12-5-2-8-23-12/h1-5,8-9H,6-7H2,(H,17,21)(H,18,20)(H3,16,19,22). The highest BCUT2D eigenvalue weighted by Crippen LogP contribution is 2.14. The zero-order chi connectivity index (χ0) is 16.7. The first-order valence-electron chi connectivity index (χ1n) is 6.82. The molecule has 23 heavy (non-hydrogen) atoms. The first-order chi connectivity index (χ1) is 11.0. The molecule has 0 bridgehead atoms. The van der Waals surface area contributed by atoms with Gasteiger partial charge in [0.05, 0.1) is 6.26 Å². The first kappa shape index (κ1) is 16.1. The van der Waals surface area contributed by atoms with Crippen LogP contribution in [0.25, 0.3) is 0 Å². The largest absolute Gasteiger partial charge is 0.459 e. The predicted octanol–water partition coefficient (Wildman–Crippen LogP) is 1.53. The lowest BCUT2D eigenvalue weighted by molar-refractivity contribution is -0.116. The molecule has 0 radical (unpaired) electrons. The topological polar surface area (TPSA) is 126 Å². The molecule has 120 valence electrons. The van der Waals surface area contributed by atoms with Gasteiger partial charge in [-0.15, -0.1) is 0 Å². The maximum absolute atomic E-state index is 11.8. The maximum atomic E-state index is 11.8. The second-order valence-corrected chi connectivity index (χ2v) is 4.60. The van der Waals surface area contributed by atoms with Crippen molar-refractivity contribution in [2.24, 2.45) is 5.73 Å². The fourth-order valence-electron chi connectivity index (χ4n) is 1.82. The minimum atomic E-state index is -0.686. The summed E-state index contributed by atoms with van der Waals surface area (Å²) in [6.45, 7) is 0.171. The fourth-order valence-corrected chi connectivity index (χ4v) is 1.82. The fraction of sp³-hybridized carbons (Fsp3) is 0.133. The number of carbonyl (C=O) groups is 3. The molecule has 4 amide bonds. The number of hydrogen-bond acceptors (Lipinski definition) is 4. The Hall–Kier alpha value is -3.29. The summed E-state index contributed by atoms with van der Waals surface area (Å²) in [6.07, 6.45) is 1.49. The van der Waals surface area contributed by atoms with Crippen LogP contribution in [0.2, 0.25) is 0 Å². The van der Waals surface area contributed by atoms with Crippen molar-refractivity contribution in [2.75, 3.05) is 17.2 Å². The monoisotopic (exact) mass is 316 g/mol. The molecule has 0 aliphatic carbocycles. The molecule has 0 unspecified atom stereocenters. The van der Waals surface area contributed by atoms with Gasteiger partial charge < -0.3 is 26.1 Å². The highest BCUT2D eigenvalue weighted by Gasteiger charge is 2.09. The van der Waals surface area contributed by atoms with Crippen LogP contribution in [0.3, 0.4) is 0 Å². The van der Waals surface area contributed by atoms with Crippen molar-refractivity contribution in [1.82, 2.24) is 5.32 Å². The van der Waals surface area contributed by atoms with Gasteiger partial charge in [0, 0.05) is 24.3 Å². The molecule has 1 heterocycles. The lowest BCUT2D eigenvalue weighted by Gasteiger charge is -2.08. The van der Waals surface area contributed by atoms with E-state index in [4.69, 9.17) is 10.2 Å². The van der Waals surface area contributed by atoms with Crippen LogP contribution in [0.1, 0.15) is 17.0 Å².